The second-order valence-electron chi connectivity index (χ2n) is 7.12. The summed E-state index contributed by atoms with van der Waals surface area (Å²) in [5, 5.41) is 16.7. The monoisotopic (exact) mass is 329 g/mol. The van der Waals surface area contributed by atoms with Gasteiger partial charge in [0.25, 0.3) is 0 Å². The van der Waals surface area contributed by atoms with E-state index in [1.807, 2.05) is 10.9 Å². The minimum absolute atomic E-state index is 0.466. The van der Waals surface area contributed by atoms with Gasteiger partial charge in [-0.05, 0) is 38.6 Å². The number of hydrogen-bond acceptors (Lipinski definition) is 5. The van der Waals surface area contributed by atoms with E-state index in [9.17, 15) is 0 Å². The highest BCUT2D eigenvalue weighted by Gasteiger charge is 2.21. The summed E-state index contributed by atoms with van der Waals surface area (Å²) in [6.07, 6.45) is 15.0. The molecule has 1 atom stereocenters. The third-order valence-electron chi connectivity index (χ3n) is 5.38. The van der Waals surface area contributed by atoms with Crippen LogP contribution in [0.15, 0.2) is 12.5 Å². The predicted molar refractivity (Wildman–Crippen MR) is 91.4 cm³/mol. The Kier molecular flexibility index (Phi) is 4.87. The van der Waals surface area contributed by atoms with Crippen LogP contribution in [0.3, 0.4) is 0 Å². The second-order valence-corrected chi connectivity index (χ2v) is 7.12. The molecule has 0 aromatic carbocycles. The Labute approximate surface area is 142 Å². The maximum absolute atomic E-state index is 4.46. The summed E-state index contributed by atoms with van der Waals surface area (Å²) in [7, 11) is 0. The number of aromatic nitrogens is 6. The van der Waals surface area contributed by atoms with Crippen LogP contribution >= 0.6 is 0 Å². The molecule has 1 N–H and O–H groups in total. The van der Waals surface area contributed by atoms with E-state index in [0.717, 1.165) is 31.0 Å². The van der Waals surface area contributed by atoms with Gasteiger partial charge in [0, 0.05) is 12.6 Å². The molecule has 0 amide bonds. The van der Waals surface area contributed by atoms with E-state index in [2.05, 4.69) is 30.4 Å². The van der Waals surface area contributed by atoms with Crippen LogP contribution in [0.5, 0.6) is 0 Å². The van der Waals surface area contributed by atoms with Gasteiger partial charge in [0.2, 0.25) is 0 Å². The number of nitrogens with zero attached hydrogens (tertiary/aromatic N) is 6. The van der Waals surface area contributed by atoms with Crippen LogP contribution < -0.4 is 5.32 Å². The van der Waals surface area contributed by atoms with Gasteiger partial charge >= 0.3 is 0 Å². The van der Waals surface area contributed by atoms with E-state index in [-0.39, 0.29) is 0 Å². The Balaban J connectivity index is 1.42. The van der Waals surface area contributed by atoms with Gasteiger partial charge in [0.05, 0.1) is 12.2 Å². The molecule has 4 rings (SSSR count). The molecule has 1 aliphatic carbocycles. The summed E-state index contributed by atoms with van der Waals surface area (Å²) < 4.78 is 4.02. The molecule has 130 valence electrons. The van der Waals surface area contributed by atoms with Crippen molar-refractivity contribution in [3.63, 3.8) is 0 Å². The fourth-order valence-corrected chi connectivity index (χ4v) is 3.99. The third kappa shape index (κ3) is 3.50. The highest BCUT2D eigenvalue weighted by atomic mass is 15.4. The van der Waals surface area contributed by atoms with Crippen molar-refractivity contribution in [2.45, 2.75) is 76.4 Å². The van der Waals surface area contributed by atoms with Crippen molar-refractivity contribution in [1.82, 2.24) is 35.1 Å². The highest BCUT2D eigenvalue weighted by Crippen LogP contribution is 2.30. The molecule has 1 saturated carbocycles. The SMILES string of the molecule is c1nc(-c2cn(CCC3CCCCN3)nn2)n(C2CCCCC2)n1. The number of nitrogens with one attached hydrogen (secondary N) is 1. The van der Waals surface area contributed by atoms with Crippen LogP contribution in [-0.2, 0) is 6.54 Å². The molecule has 0 bridgehead atoms. The smallest absolute Gasteiger partial charge is 0.180 e. The Morgan fingerprint density at radius 1 is 1.08 bits per heavy atom. The summed E-state index contributed by atoms with van der Waals surface area (Å²) in [4.78, 5) is 4.45. The minimum atomic E-state index is 0.466. The largest absolute Gasteiger partial charge is 0.314 e. The van der Waals surface area contributed by atoms with Gasteiger partial charge in [-0.1, -0.05) is 30.9 Å². The summed E-state index contributed by atoms with van der Waals surface area (Å²) in [6, 6.07) is 1.09. The minimum Gasteiger partial charge on any atom is -0.314 e. The van der Waals surface area contributed by atoms with E-state index in [0.29, 0.717) is 12.1 Å². The molecule has 1 unspecified atom stereocenters. The van der Waals surface area contributed by atoms with E-state index < -0.39 is 0 Å². The van der Waals surface area contributed by atoms with E-state index in [1.165, 1.54) is 51.4 Å². The van der Waals surface area contributed by atoms with Crippen molar-refractivity contribution >= 4 is 0 Å². The molecule has 1 aliphatic heterocycles. The standard InChI is InChI=1S/C17H27N7/c1-2-7-15(8-3-1)24-17(19-13-20-24)16-12-23(22-21-16)11-9-14-6-4-5-10-18-14/h12-15,18H,1-11H2. The van der Waals surface area contributed by atoms with Gasteiger partial charge in [-0.3, -0.25) is 4.68 Å². The number of piperidine rings is 1. The first-order chi connectivity index (χ1) is 11.9. The first-order valence-corrected chi connectivity index (χ1v) is 9.43. The molecule has 7 nitrogen and oxygen atoms in total. The fourth-order valence-electron chi connectivity index (χ4n) is 3.99. The van der Waals surface area contributed by atoms with E-state index in [4.69, 9.17) is 0 Å². The molecule has 3 heterocycles. The summed E-state index contributed by atoms with van der Waals surface area (Å²) in [5.74, 6) is 0.865. The maximum Gasteiger partial charge on any atom is 0.180 e. The second kappa shape index (κ2) is 7.42. The van der Waals surface area contributed by atoms with Gasteiger partial charge in [-0.15, -0.1) is 5.10 Å². The van der Waals surface area contributed by atoms with Crippen LogP contribution in [0.25, 0.3) is 11.5 Å². The highest BCUT2D eigenvalue weighted by molar-refractivity contribution is 5.46. The molecular formula is C17H27N7. The molecule has 1 saturated heterocycles. The van der Waals surface area contributed by atoms with Crippen molar-refractivity contribution in [3.05, 3.63) is 12.5 Å². The van der Waals surface area contributed by atoms with Crippen molar-refractivity contribution in [3.8, 4) is 11.5 Å². The van der Waals surface area contributed by atoms with E-state index in [1.54, 1.807) is 6.33 Å². The lowest BCUT2D eigenvalue weighted by Crippen LogP contribution is -2.34. The van der Waals surface area contributed by atoms with Gasteiger partial charge in [-0.25, -0.2) is 9.67 Å². The molecule has 0 radical (unpaired) electrons. The summed E-state index contributed by atoms with van der Waals surface area (Å²) in [5.41, 5.74) is 0.842. The lowest BCUT2D eigenvalue weighted by molar-refractivity contribution is 0.331. The molecule has 2 aromatic rings. The lowest BCUT2D eigenvalue weighted by atomic mass is 9.95. The average Bonchev–Trinajstić information content (AvgIpc) is 3.31. The Morgan fingerprint density at radius 3 is 2.79 bits per heavy atom. The van der Waals surface area contributed by atoms with Crippen molar-refractivity contribution in [2.75, 3.05) is 6.54 Å². The first kappa shape index (κ1) is 15.7. The summed E-state index contributed by atoms with van der Waals surface area (Å²) >= 11 is 0. The Bertz CT molecular complexity index is 635. The zero-order valence-electron chi connectivity index (χ0n) is 14.3. The Hall–Kier alpha value is -1.76. The Morgan fingerprint density at radius 2 is 1.96 bits per heavy atom. The van der Waals surface area contributed by atoms with Crippen molar-refractivity contribution in [2.24, 2.45) is 0 Å². The van der Waals surface area contributed by atoms with Gasteiger partial charge < -0.3 is 5.32 Å². The van der Waals surface area contributed by atoms with Crippen LogP contribution in [0.1, 0.15) is 63.8 Å². The fraction of sp³-hybridized carbons (Fsp3) is 0.765. The topological polar surface area (TPSA) is 73.5 Å². The zero-order valence-corrected chi connectivity index (χ0v) is 14.3. The van der Waals surface area contributed by atoms with Gasteiger partial charge in [0.1, 0.15) is 12.0 Å². The van der Waals surface area contributed by atoms with Crippen molar-refractivity contribution in [1.29, 1.82) is 0 Å². The lowest BCUT2D eigenvalue weighted by Gasteiger charge is -2.23. The molecule has 7 heteroatoms. The number of aryl methyl sites for hydroxylation is 1. The van der Waals surface area contributed by atoms with Crippen LogP contribution in [0.4, 0.5) is 0 Å². The number of hydrogen-bond donors (Lipinski definition) is 1. The quantitative estimate of drug-likeness (QED) is 0.912. The maximum atomic E-state index is 4.46. The summed E-state index contributed by atoms with van der Waals surface area (Å²) in [6.45, 7) is 2.06. The first-order valence-electron chi connectivity index (χ1n) is 9.43. The predicted octanol–water partition coefficient (Wildman–Crippen LogP) is 2.57. The molecular weight excluding hydrogens is 302 g/mol. The zero-order chi connectivity index (χ0) is 16.2. The molecule has 2 fully saturated rings. The van der Waals surface area contributed by atoms with Gasteiger partial charge in [-0.2, -0.15) is 5.10 Å². The van der Waals surface area contributed by atoms with Gasteiger partial charge in [0.15, 0.2) is 5.82 Å². The molecule has 24 heavy (non-hydrogen) atoms. The normalized spacial score (nSPS) is 22.8. The number of rotatable bonds is 5. The molecule has 0 spiro atoms. The third-order valence-corrected chi connectivity index (χ3v) is 5.38. The van der Waals surface area contributed by atoms with Crippen LogP contribution in [0.2, 0.25) is 0 Å². The van der Waals surface area contributed by atoms with Crippen molar-refractivity contribution < 1.29 is 0 Å². The van der Waals surface area contributed by atoms with Crippen LogP contribution in [-0.4, -0.2) is 42.3 Å². The van der Waals surface area contributed by atoms with E-state index >= 15 is 0 Å². The average molecular weight is 329 g/mol. The van der Waals surface area contributed by atoms with Crippen LogP contribution in [0, 0.1) is 0 Å². The molecule has 2 aromatic heterocycles. The molecule has 2 aliphatic rings.